The van der Waals surface area contributed by atoms with E-state index in [-0.39, 0.29) is 17.7 Å². The number of hydrogen-bond acceptors (Lipinski definition) is 4. The van der Waals surface area contributed by atoms with Gasteiger partial charge in [-0.15, -0.1) is 0 Å². The highest BCUT2D eigenvalue weighted by Gasteiger charge is 2.28. The van der Waals surface area contributed by atoms with Gasteiger partial charge in [0.15, 0.2) is 0 Å². The number of methoxy groups -OCH3 is 1. The Morgan fingerprint density at radius 3 is 2.86 bits per heavy atom. The normalized spacial score (nSPS) is 16.3. The molecule has 2 amide bonds. The Balaban J connectivity index is 1.45. The second-order valence-corrected chi connectivity index (χ2v) is 7.53. The van der Waals surface area contributed by atoms with Crippen LogP contribution in [-0.2, 0) is 31.4 Å². The Bertz CT molecular complexity index is 901. The average Bonchev–Trinajstić information content (AvgIpc) is 2.99. The molecular formula is C21H26N4O3. The minimum atomic E-state index is -0.00872. The summed E-state index contributed by atoms with van der Waals surface area (Å²) in [5.41, 5.74) is 2.68. The summed E-state index contributed by atoms with van der Waals surface area (Å²) in [6.07, 6.45) is 3.84. The van der Waals surface area contributed by atoms with E-state index in [2.05, 4.69) is 5.32 Å². The Labute approximate surface area is 164 Å². The van der Waals surface area contributed by atoms with Gasteiger partial charge in [-0.05, 0) is 31.0 Å². The van der Waals surface area contributed by atoms with Gasteiger partial charge in [0.05, 0.1) is 31.6 Å². The standard InChI is InChI=1S/C21H26N4O3/c1-24-18-13-25(21(27)15-7-4-8-16(11-15)28-2)10-9-17(18)23-19(24)12-22-20(26)14-5-3-6-14/h4,7-8,11,14H,3,5-6,9-10,12-13H2,1-2H3,(H,22,26). The van der Waals surface area contributed by atoms with E-state index >= 15 is 0 Å². The number of benzene rings is 1. The lowest BCUT2D eigenvalue weighted by Gasteiger charge is -2.27. The molecule has 2 heterocycles. The van der Waals surface area contributed by atoms with Gasteiger partial charge in [-0.25, -0.2) is 4.98 Å². The van der Waals surface area contributed by atoms with E-state index in [0.29, 0.717) is 30.9 Å². The number of ether oxygens (including phenoxy) is 1. The first-order valence-corrected chi connectivity index (χ1v) is 9.81. The van der Waals surface area contributed by atoms with Crippen molar-refractivity contribution in [2.45, 2.75) is 38.8 Å². The van der Waals surface area contributed by atoms with E-state index in [1.54, 1.807) is 13.2 Å². The lowest BCUT2D eigenvalue weighted by molar-refractivity contribution is -0.127. The highest BCUT2D eigenvalue weighted by Crippen LogP contribution is 2.26. The van der Waals surface area contributed by atoms with Crippen molar-refractivity contribution in [1.29, 1.82) is 0 Å². The van der Waals surface area contributed by atoms with E-state index in [1.807, 2.05) is 34.7 Å². The van der Waals surface area contributed by atoms with Crippen molar-refractivity contribution in [3.05, 3.63) is 47.0 Å². The molecule has 7 heteroatoms. The molecule has 1 aliphatic carbocycles. The van der Waals surface area contributed by atoms with Gasteiger partial charge in [-0.1, -0.05) is 12.5 Å². The molecule has 7 nitrogen and oxygen atoms in total. The van der Waals surface area contributed by atoms with Crippen LogP contribution in [0.1, 0.15) is 46.8 Å². The second-order valence-electron chi connectivity index (χ2n) is 7.53. The first kappa shape index (κ1) is 18.5. The molecule has 1 aliphatic heterocycles. The van der Waals surface area contributed by atoms with Crippen LogP contribution in [0.2, 0.25) is 0 Å². The van der Waals surface area contributed by atoms with Gasteiger partial charge in [0.25, 0.3) is 5.91 Å². The third-order valence-electron chi connectivity index (χ3n) is 5.85. The van der Waals surface area contributed by atoms with Gasteiger partial charge >= 0.3 is 0 Å². The first-order chi connectivity index (χ1) is 13.6. The molecule has 2 aliphatic rings. The van der Waals surface area contributed by atoms with Crippen molar-refractivity contribution in [1.82, 2.24) is 19.8 Å². The zero-order valence-electron chi connectivity index (χ0n) is 16.4. The smallest absolute Gasteiger partial charge is 0.254 e. The van der Waals surface area contributed by atoms with Crippen LogP contribution in [0.15, 0.2) is 24.3 Å². The van der Waals surface area contributed by atoms with Crippen molar-refractivity contribution in [3.63, 3.8) is 0 Å². The lowest BCUT2D eigenvalue weighted by atomic mass is 9.85. The predicted molar refractivity (Wildman–Crippen MR) is 104 cm³/mol. The zero-order chi connectivity index (χ0) is 19.7. The molecular weight excluding hydrogens is 356 g/mol. The molecule has 0 unspecified atom stereocenters. The number of carbonyl (C=O) groups excluding carboxylic acids is 2. The van der Waals surface area contributed by atoms with E-state index in [1.165, 1.54) is 0 Å². The number of nitrogens with one attached hydrogen (secondary N) is 1. The molecule has 0 saturated heterocycles. The maximum atomic E-state index is 12.9. The van der Waals surface area contributed by atoms with Crippen molar-refractivity contribution in [2.75, 3.05) is 13.7 Å². The molecule has 148 valence electrons. The molecule has 4 rings (SSSR count). The average molecular weight is 382 g/mol. The molecule has 0 radical (unpaired) electrons. The van der Waals surface area contributed by atoms with Crippen molar-refractivity contribution >= 4 is 11.8 Å². The molecule has 28 heavy (non-hydrogen) atoms. The topological polar surface area (TPSA) is 76.5 Å². The molecule has 1 aromatic carbocycles. The van der Waals surface area contributed by atoms with Gasteiger partial charge in [0.1, 0.15) is 11.6 Å². The molecule has 0 bridgehead atoms. The fraction of sp³-hybridized carbons (Fsp3) is 0.476. The van der Waals surface area contributed by atoms with Crippen molar-refractivity contribution in [2.24, 2.45) is 13.0 Å². The molecule has 1 fully saturated rings. The highest BCUT2D eigenvalue weighted by molar-refractivity contribution is 5.94. The van der Waals surface area contributed by atoms with Crippen LogP contribution in [0.5, 0.6) is 5.75 Å². The minimum absolute atomic E-state index is 0.00872. The van der Waals surface area contributed by atoms with Crippen molar-refractivity contribution in [3.8, 4) is 5.75 Å². The molecule has 1 N–H and O–H groups in total. The number of carbonyl (C=O) groups is 2. The summed E-state index contributed by atoms with van der Waals surface area (Å²) in [4.78, 5) is 31.6. The van der Waals surface area contributed by atoms with Crippen LogP contribution in [0.3, 0.4) is 0 Å². The first-order valence-electron chi connectivity index (χ1n) is 9.81. The van der Waals surface area contributed by atoms with E-state index in [4.69, 9.17) is 9.72 Å². The van der Waals surface area contributed by atoms with Crippen LogP contribution in [0.4, 0.5) is 0 Å². The number of rotatable bonds is 5. The van der Waals surface area contributed by atoms with Gasteiger partial charge in [-0.3, -0.25) is 9.59 Å². The number of fused-ring (bicyclic) bond motifs is 1. The lowest BCUT2D eigenvalue weighted by Crippen LogP contribution is -2.36. The van der Waals surface area contributed by atoms with Gasteiger partial charge in [0.2, 0.25) is 5.91 Å². The fourth-order valence-corrected chi connectivity index (χ4v) is 3.79. The number of amides is 2. The maximum absolute atomic E-state index is 12.9. The van der Waals surface area contributed by atoms with Crippen LogP contribution in [0, 0.1) is 5.92 Å². The summed E-state index contributed by atoms with van der Waals surface area (Å²) in [6, 6.07) is 7.23. The molecule has 0 atom stereocenters. The summed E-state index contributed by atoms with van der Waals surface area (Å²) >= 11 is 0. The Morgan fingerprint density at radius 1 is 1.32 bits per heavy atom. The molecule has 0 spiro atoms. The minimum Gasteiger partial charge on any atom is -0.497 e. The number of imidazole rings is 1. The van der Waals surface area contributed by atoms with Gasteiger partial charge in [-0.2, -0.15) is 0 Å². The Kier molecular flexibility index (Phi) is 5.07. The van der Waals surface area contributed by atoms with E-state index < -0.39 is 0 Å². The summed E-state index contributed by atoms with van der Waals surface area (Å²) in [5, 5.41) is 3.01. The Morgan fingerprint density at radius 2 is 2.14 bits per heavy atom. The van der Waals surface area contributed by atoms with E-state index in [9.17, 15) is 9.59 Å². The fourth-order valence-electron chi connectivity index (χ4n) is 3.79. The summed E-state index contributed by atoms with van der Waals surface area (Å²) in [5.74, 6) is 1.81. The Hall–Kier alpha value is -2.83. The quantitative estimate of drug-likeness (QED) is 0.859. The maximum Gasteiger partial charge on any atom is 0.254 e. The molecule has 1 saturated carbocycles. The second kappa shape index (κ2) is 7.66. The highest BCUT2D eigenvalue weighted by atomic mass is 16.5. The van der Waals surface area contributed by atoms with Crippen LogP contribution in [-0.4, -0.2) is 39.9 Å². The van der Waals surface area contributed by atoms with E-state index in [0.717, 1.165) is 42.9 Å². The van der Waals surface area contributed by atoms with Gasteiger partial charge in [0, 0.05) is 31.5 Å². The van der Waals surface area contributed by atoms with Crippen molar-refractivity contribution < 1.29 is 14.3 Å². The summed E-state index contributed by atoms with van der Waals surface area (Å²) in [6.45, 7) is 1.59. The SMILES string of the molecule is COc1cccc(C(=O)N2CCc3nc(CNC(=O)C4CCC4)n(C)c3C2)c1. The monoisotopic (exact) mass is 382 g/mol. The van der Waals surface area contributed by atoms with Crippen LogP contribution in [0.25, 0.3) is 0 Å². The number of hydrogen-bond donors (Lipinski definition) is 1. The molecule has 2 aromatic rings. The third-order valence-corrected chi connectivity index (χ3v) is 5.85. The predicted octanol–water partition coefficient (Wildman–Crippen LogP) is 2.04. The number of nitrogens with zero attached hydrogens (tertiary/aromatic N) is 3. The molecule has 1 aromatic heterocycles. The zero-order valence-corrected chi connectivity index (χ0v) is 16.4. The summed E-state index contributed by atoms with van der Waals surface area (Å²) < 4.78 is 7.24. The van der Waals surface area contributed by atoms with Crippen LogP contribution < -0.4 is 10.1 Å². The van der Waals surface area contributed by atoms with Crippen LogP contribution >= 0.6 is 0 Å². The largest absolute Gasteiger partial charge is 0.497 e. The summed E-state index contributed by atoms with van der Waals surface area (Å²) in [7, 11) is 3.55. The van der Waals surface area contributed by atoms with Gasteiger partial charge < -0.3 is 19.5 Å². The number of aromatic nitrogens is 2. The third kappa shape index (κ3) is 3.48.